The standard InChI is InChI=1S/C13H16ClNO/c1-4-15-8-11(13(2,3)16)10-6-5-9(14)7-12(10)15/h5-8,16H,4H2,1-3H3. The fourth-order valence-electron chi connectivity index (χ4n) is 2.01. The quantitative estimate of drug-likeness (QED) is 0.849. The zero-order valence-corrected chi connectivity index (χ0v) is 10.5. The molecule has 0 aliphatic heterocycles. The molecule has 2 rings (SSSR count). The maximum atomic E-state index is 10.1. The van der Waals surface area contributed by atoms with Gasteiger partial charge in [0.1, 0.15) is 0 Å². The summed E-state index contributed by atoms with van der Waals surface area (Å²) in [5.41, 5.74) is 1.19. The Bertz CT molecular complexity index is 522. The SMILES string of the molecule is CCn1cc(C(C)(C)O)c2ccc(Cl)cc21. The van der Waals surface area contributed by atoms with Crippen LogP contribution in [0.5, 0.6) is 0 Å². The van der Waals surface area contributed by atoms with Crippen molar-refractivity contribution in [1.82, 2.24) is 4.57 Å². The van der Waals surface area contributed by atoms with Crippen LogP contribution >= 0.6 is 11.6 Å². The molecular formula is C13H16ClNO. The second-order valence-electron chi connectivity index (χ2n) is 4.55. The zero-order chi connectivity index (χ0) is 11.9. The van der Waals surface area contributed by atoms with Crippen LogP contribution in [0, 0.1) is 0 Å². The fraction of sp³-hybridized carbons (Fsp3) is 0.385. The van der Waals surface area contributed by atoms with Crippen LogP contribution in [0.3, 0.4) is 0 Å². The van der Waals surface area contributed by atoms with Gasteiger partial charge in [0.2, 0.25) is 0 Å². The molecule has 16 heavy (non-hydrogen) atoms. The topological polar surface area (TPSA) is 25.2 Å². The van der Waals surface area contributed by atoms with Crippen molar-refractivity contribution in [2.24, 2.45) is 0 Å². The number of benzene rings is 1. The third-order valence-corrected chi connectivity index (χ3v) is 3.08. The van der Waals surface area contributed by atoms with Gasteiger partial charge in [-0.25, -0.2) is 0 Å². The Kier molecular flexibility index (Phi) is 2.72. The number of halogens is 1. The van der Waals surface area contributed by atoms with Gasteiger partial charge in [0, 0.05) is 34.2 Å². The van der Waals surface area contributed by atoms with Crippen molar-refractivity contribution in [3.63, 3.8) is 0 Å². The summed E-state index contributed by atoms with van der Waals surface area (Å²) in [6.45, 7) is 6.55. The van der Waals surface area contributed by atoms with E-state index in [2.05, 4.69) is 11.5 Å². The minimum atomic E-state index is -0.827. The number of nitrogens with zero attached hydrogens (tertiary/aromatic N) is 1. The van der Waals surface area contributed by atoms with Gasteiger partial charge in [-0.3, -0.25) is 0 Å². The Morgan fingerprint density at radius 1 is 1.38 bits per heavy atom. The van der Waals surface area contributed by atoms with Gasteiger partial charge in [-0.15, -0.1) is 0 Å². The van der Waals surface area contributed by atoms with Crippen molar-refractivity contribution in [3.8, 4) is 0 Å². The summed E-state index contributed by atoms with van der Waals surface area (Å²) >= 11 is 6.00. The smallest absolute Gasteiger partial charge is 0.0861 e. The molecule has 0 aliphatic rings. The number of aliphatic hydroxyl groups is 1. The van der Waals surface area contributed by atoms with Crippen LogP contribution in [0.15, 0.2) is 24.4 Å². The highest BCUT2D eigenvalue weighted by Gasteiger charge is 2.21. The maximum absolute atomic E-state index is 10.1. The van der Waals surface area contributed by atoms with E-state index >= 15 is 0 Å². The number of rotatable bonds is 2. The first-order valence-corrected chi connectivity index (χ1v) is 5.82. The minimum absolute atomic E-state index is 0.725. The van der Waals surface area contributed by atoms with E-state index in [-0.39, 0.29) is 0 Å². The number of hydrogen-bond acceptors (Lipinski definition) is 1. The summed E-state index contributed by atoms with van der Waals surface area (Å²) in [6.07, 6.45) is 2.00. The lowest BCUT2D eigenvalue weighted by molar-refractivity contribution is 0.0800. The molecule has 0 radical (unpaired) electrons. The molecule has 86 valence electrons. The van der Waals surface area contributed by atoms with Crippen molar-refractivity contribution in [1.29, 1.82) is 0 Å². The van der Waals surface area contributed by atoms with E-state index in [9.17, 15) is 5.11 Å². The van der Waals surface area contributed by atoms with E-state index in [0.717, 1.165) is 28.0 Å². The van der Waals surface area contributed by atoms with Crippen LogP contribution in [0.4, 0.5) is 0 Å². The molecule has 0 unspecified atom stereocenters. The van der Waals surface area contributed by atoms with E-state index in [1.54, 1.807) is 13.8 Å². The second kappa shape index (κ2) is 3.79. The lowest BCUT2D eigenvalue weighted by atomic mass is 9.98. The van der Waals surface area contributed by atoms with Crippen molar-refractivity contribution < 1.29 is 5.11 Å². The molecule has 0 amide bonds. The number of aromatic nitrogens is 1. The van der Waals surface area contributed by atoms with Crippen molar-refractivity contribution in [2.45, 2.75) is 32.9 Å². The molecule has 2 aromatic rings. The Hall–Kier alpha value is -0.990. The van der Waals surface area contributed by atoms with Crippen molar-refractivity contribution in [3.05, 3.63) is 35.0 Å². The van der Waals surface area contributed by atoms with Crippen molar-refractivity contribution in [2.75, 3.05) is 0 Å². The molecule has 0 saturated heterocycles. The number of fused-ring (bicyclic) bond motifs is 1. The molecule has 3 heteroatoms. The summed E-state index contributed by atoms with van der Waals surface area (Å²) in [6, 6.07) is 5.77. The summed E-state index contributed by atoms with van der Waals surface area (Å²) in [4.78, 5) is 0. The first-order valence-electron chi connectivity index (χ1n) is 5.44. The maximum Gasteiger partial charge on any atom is 0.0861 e. The highest BCUT2D eigenvalue weighted by Crippen LogP contribution is 2.31. The van der Waals surface area contributed by atoms with Gasteiger partial charge in [-0.2, -0.15) is 0 Å². The van der Waals surface area contributed by atoms with Crippen LogP contribution in [0.1, 0.15) is 26.3 Å². The zero-order valence-electron chi connectivity index (χ0n) is 9.79. The van der Waals surface area contributed by atoms with Crippen LogP contribution in [0.25, 0.3) is 10.9 Å². The Labute approximate surface area is 100 Å². The normalized spacial score (nSPS) is 12.3. The lowest BCUT2D eigenvalue weighted by Gasteiger charge is -2.16. The first-order chi connectivity index (χ1) is 7.43. The van der Waals surface area contributed by atoms with E-state index in [0.29, 0.717) is 0 Å². The van der Waals surface area contributed by atoms with Gasteiger partial charge >= 0.3 is 0 Å². The molecule has 1 heterocycles. The van der Waals surface area contributed by atoms with Gasteiger partial charge in [-0.05, 0) is 32.9 Å². The van der Waals surface area contributed by atoms with E-state index in [4.69, 9.17) is 11.6 Å². The van der Waals surface area contributed by atoms with Gasteiger partial charge in [-0.1, -0.05) is 17.7 Å². The van der Waals surface area contributed by atoms with Crippen LogP contribution < -0.4 is 0 Å². The molecule has 1 aromatic carbocycles. The Morgan fingerprint density at radius 2 is 2.06 bits per heavy atom. The molecular weight excluding hydrogens is 222 g/mol. The molecule has 1 N–H and O–H groups in total. The minimum Gasteiger partial charge on any atom is -0.386 e. The van der Waals surface area contributed by atoms with Crippen LogP contribution in [0.2, 0.25) is 5.02 Å². The Balaban J connectivity index is 2.78. The molecule has 0 aliphatic carbocycles. The average Bonchev–Trinajstić information content (AvgIpc) is 2.55. The summed E-state index contributed by atoms with van der Waals surface area (Å²) in [7, 11) is 0. The third-order valence-electron chi connectivity index (χ3n) is 2.84. The average molecular weight is 238 g/mol. The summed E-state index contributed by atoms with van der Waals surface area (Å²) in [5, 5.41) is 11.9. The second-order valence-corrected chi connectivity index (χ2v) is 4.99. The lowest BCUT2D eigenvalue weighted by Crippen LogP contribution is -2.14. The molecule has 0 bridgehead atoms. The molecule has 1 aromatic heterocycles. The van der Waals surface area contributed by atoms with Crippen LogP contribution in [-0.2, 0) is 12.1 Å². The fourth-order valence-corrected chi connectivity index (χ4v) is 2.18. The number of aryl methyl sites for hydroxylation is 1. The summed E-state index contributed by atoms with van der Waals surface area (Å²) in [5.74, 6) is 0. The molecule has 2 nitrogen and oxygen atoms in total. The predicted molar refractivity (Wildman–Crippen MR) is 67.9 cm³/mol. The highest BCUT2D eigenvalue weighted by atomic mass is 35.5. The summed E-state index contributed by atoms with van der Waals surface area (Å²) < 4.78 is 2.11. The monoisotopic (exact) mass is 237 g/mol. The van der Waals surface area contributed by atoms with Gasteiger partial charge < -0.3 is 9.67 Å². The van der Waals surface area contributed by atoms with E-state index < -0.39 is 5.60 Å². The third kappa shape index (κ3) is 1.83. The molecule has 0 fully saturated rings. The van der Waals surface area contributed by atoms with E-state index in [1.807, 2.05) is 24.4 Å². The molecule has 0 spiro atoms. The molecule has 0 saturated carbocycles. The predicted octanol–water partition coefficient (Wildman–Crippen LogP) is 3.54. The van der Waals surface area contributed by atoms with Gasteiger partial charge in [0.15, 0.2) is 0 Å². The Morgan fingerprint density at radius 3 is 2.62 bits per heavy atom. The van der Waals surface area contributed by atoms with E-state index in [1.165, 1.54) is 0 Å². The van der Waals surface area contributed by atoms with Gasteiger partial charge in [0.05, 0.1) is 5.60 Å². The molecule has 0 atom stereocenters. The van der Waals surface area contributed by atoms with Gasteiger partial charge in [0.25, 0.3) is 0 Å². The number of hydrogen-bond donors (Lipinski definition) is 1. The van der Waals surface area contributed by atoms with Crippen LogP contribution in [-0.4, -0.2) is 9.67 Å². The largest absolute Gasteiger partial charge is 0.386 e. The van der Waals surface area contributed by atoms with Crippen molar-refractivity contribution >= 4 is 22.5 Å². The highest BCUT2D eigenvalue weighted by molar-refractivity contribution is 6.31. The first kappa shape index (κ1) is 11.5.